The summed E-state index contributed by atoms with van der Waals surface area (Å²) in [4.78, 5) is 14.8. The highest BCUT2D eigenvalue weighted by Gasteiger charge is 2.16. The van der Waals surface area contributed by atoms with Crippen LogP contribution in [0.2, 0.25) is 5.02 Å². The Kier molecular flexibility index (Phi) is 3.76. The molecule has 7 heteroatoms. The number of hydrogen-bond acceptors (Lipinski definition) is 4. The second-order valence-corrected chi connectivity index (χ2v) is 4.78. The SMILES string of the molecule is O=C(O)Oc1nc(-c2ccccc2)n(-c2ccc(Cl)cc2)n1. The molecule has 3 rings (SSSR count). The average Bonchev–Trinajstić information content (AvgIpc) is 2.92. The highest BCUT2D eigenvalue weighted by Crippen LogP contribution is 2.24. The van der Waals surface area contributed by atoms with Crippen molar-refractivity contribution in [2.45, 2.75) is 0 Å². The standard InChI is InChI=1S/C15H10ClN3O3/c16-11-6-8-12(9-7-11)19-13(10-4-2-1-3-5-10)17-14(18-19)22-15(20)21/h1-9H,(H,20,21). The van der Waals surface area contributed by atoms with Crippen molar-refractivity contribution in [3.63, 3.8) is 0 Å². The zero-order valence-corrected chi connectivity index (χ0v) is 11.9. The summed E-state index contributed by atoms with van der Waals surface area (Å²) >= 11 is 5.88. The lowest BCUT2D eigenvalue weighted by molar-refractivity contribution is 0.140. The lowest BCUT2D eigenvalue weighted by Gasteiger charge is -2.05. The van der Waals surface area contributed by atoms with E-state index in [1.165, 1.54) is 4.68 Å². The molecule has 0 unspecified atom stereocenters. The van der Waals surface area contributed by atoms with Crippen molar-refractivity contribution >= 4 is 17.8 Å². The highest BCUT2D eigenvalue weighted by atomic mass is 35.5. The van der Waals surface area contributed by atoms with Gasteiger partial charge in [0.1, 0.15) is 0 Å². The molecular formula is C15H10ClN3O3. The summed E-state index contributed by atoms with van der Waals surface area (Å²) in [7, 11) is 0. The molecule has 0 aliphatic carbocycles. The lowest BCUT2D eigenvalue weighted by atomic mass is 10.2. The molecule has 0 saturated carbocycles. The van der Waals surface area contributed by atoms with Crippen LogP contribution in [0.1, 0.15) is 0 Å². The maximum Gasteiger partial charge on any atom is 0.513 e. The van der Waals surface area contributed by atoms with Crippen LogP contribution in [-0.2, 0) is 0 Å². The number of carboxylic acid groups (broad SMARTS) is 1. The first kappa shape index (κ1) is 14.1. The van der Waals surface area contributed by atoms with Crippen LogP contribution in [0.15, 0.2) is 54.6 Å². The zero-order chi connectivity index (χ0) is 15.5. The van der Waals surface area contributed by atoms with Crippen molar-refractivity contribution in [3.8, 4) is 23.1 Å². The van der Waals surface area contributed by atoms with Crippen LogP contribution in [0.4, 0.5) is 4.79 Å². The Bertz CT molecular complexity index is 801. The van der Waals surface area contributed by atoms with Crippen LogP contribution in [0.3, 0.4) is 0 Å². The molecule has 0 bridgehead atoms. The Hall–Kier alpha value is -2.86. The molecule has 1 N–H and O–H groups in total. The van der Waals surface area contributed by atoms with E-state index >= 15 is 0 Å². The van der Waals surface area contributed by atoms with Crippen molar-refractivity contribution < 1.29 is 14.6 Å². The first-order valence-corrected chi connectivity index (χ1v) is 6.70. The summed E-state index contributed by atoms with van der Waals surface area (Å²) in [5, 5.41) is 13.4. The minimum Gasteiger partial charge on any atom is -0.449 e. The molecule has 22 heavy (non-hydrogen) atoms. The molecule has 1 aromatic heterocycles. The number of aromatic nitrogens is 3. The maximum atomic E-state index is 10.7. The third kappa shape index (κ3) is 2.91. The fraction of sp³-hybridized carbons (Fsp3) is 0. The Morgan fingerprint density at radius 3 is 2.41 bits per heavy atom. The van der Waals surface area contributed by atoms with Gasteiger partial charge in [0.15, 0.2) is 5.82 Å². The maximum absolute atomic E-state index is 10.7. The van der Waals surface area contributed by atoms with Crippen LogP contribution in [-0.4, -0.2) is 26.0 Å². The Balaban J connectivity index is 2.12. The van der Waals surface area contributed by atoms with Crippen molar-refractivity contribution in [3.05, 3.63) is 59.6 Å². The Morgan fingerprint density at radius 1 is 1.09 bits per heavy atom. The predicted octanol–water partition coefficient (Wildman–Crippen LogP) is 3.64. The Morgan fingerprint density at radius 2 is 1.77 bits per heavy atom. The van der Waals surface area contributed by atoms with Gasteiger partial charge in [-0.15, -0.1) is 5.10 Å². The molecule has 3 aromatic rings. The fourth-order valence-electron chi connectivity index (χ4n) is 1.95. The van der Waals surface area contributed by atoms with Gasteiger partial charge in [-0.05, 0) is 24.3 Å². The molecule has 0 spiro atoms. The van der Waals surface area contributed by atoms with Crippen molar-refractivity contribution in [1.29, 1.82) is 0 Å². The van der Waals surface area contributed by atoms with Gasteiger partial charge < -0.3 is 9.84 Å². The summed E-state index contributed by atoms with van der Waals surface area (Å²) in [6.45, 7) is 0. The predicted molar refractivity (Wildman–Crippen MR) is 80.5 cm³/mol. The molecule has 0 atom stereocenters. The molecule has 110 valence electrons. The van der Waals surface area contributed by atoms with E-state index in [1.54, 1.807) is 24.3 Å². The van der Waals surface area contributed by atoms with E-state index in [1.807, 2.05) is 30.3 Å². The zero-order valence-electron chi connectivity index (χ0n) is 11.2. The van der Waals surface area contributed by atoms with Gasteiger partial charge in [-0.1, -0.05) is 41.9 Å². The lowest BCUT2D eigenvalue weighted by Crippen LogP contribution is -2.05. The molecule has 0 fully saturated rings. The number of halogens is 1. The van der Waals surface area contributed by atoms with Crippen LogP contribution >= 0.6 is 11.6 Å². The normalized spacial score (nSPS) is 10.4. The van der Waals surface area contributed by atoms with E-state index in [2.05, 4.69) is 14.8 Å². The minimum atomic E-state index is -1.46. The molecule has 2 aromatic carbocycles. The second-order valence-electron chi connectivity index (χ2n) is 4.34. The quantitative estimate of drug-likeness (QED) is 0.746. The van der Waals surface area contributed by atoms with Gasteiger partial charge in [0.2, 0.25) is 0 Å². The molecule has 0 aliphatic rings. The van der Waals surface area contributed by atoms with Gasteiger partial charge in [0, 0.05) is 10.6 Å². The van der Waals surface area contributed by atoms with Gasteiger partial charge in [-0.25, -0.2) is 9.48 Å². The number of rotatable bonds is 3. The first-order valence-electron chi connectivity index (χ1n) is 6.33. The van der Waals surface area contributed by atoms with Crippen LogP contribution in [0.5, 0.6) is 6.01 Å². The monoisotopic (exact) mass is 315 g/mol. The summed E-state index contributed by atoms with van der Waals surface area (Å²) in [6, 6.07) is 16.0. The summed E-state index contributed by atoms with van der Waals surface area (Å²) in [6.07, 6.45) is -1.46. The third-order valence-electron chi connectivity index (χ3n) is 2.87. The molecule has 0 aliphatic heterocycles. The fourth-order valence-corrected chi connectivity index (χ4v) is 2.08. The molecule has 0 radical (unpaired) electrons. The van der Waals surface area contributed by atoms with Gasteiger partial charge >= 0.3 is 12.2 Å². The molecule has 6 nitrogen and oxygen atoms in total. The molecule has 1 heterocycles. The second kappa shape index (κ2) is 5.87. The molecular weight excluding hydrogens is 306 g/mol. The third-order valence-corrected chi connectivity index (χ3v) is 3.12. The highest BCUT2D eigenvalue weighted by molar-refractivity contribution is 6.30. The van der Waals surface area contributed by atoms with E-state index in [-0.39, 0.29) is 6.01 Å². The van der Waals surface area contributed by atoms with Gasteiger partial charge in [-0.3, -0.25) is 0 Å². The van der Waals surface area contributed by atoms with Crippen LogP contribution in [0, 0.1) is 0 Å². The molecule has 0 saturated heterocycles. The number of benzene rings is 2. The molecule has 0 amide bonds. The largest absolute Gasteiger partial charge is 0.513 e. The van der Waals surface area contributed by atoms with Crippen LogP contribution < -0.4 is 4.74 Å². The number of hydrogen-bond donors (Lipinski definition) is 1. The van der Waals surface area contributed by atoms with Crippen molar-refractivity contribution in [2.75, 3.05) is 0 Å². The van der Waals surface area contributed by atoms with Gasteiger partial charge in [-0.2, -0.15) is 4.98 Å². The van der Waals surface area contributed by atoms with E-state index in [4.69, 9.17) is 16.7 Å². The van der Waals surface area contributed by atoms with E-state index < -0.39 is 6.16 Å². The number of ether oxygens (including phenoxy) is 1. The van der Waals surface area contributed by atoms with Gasteiger partial charge in [0.25, 0.3) is 0 Å². The van der Waals surface area contributed by atoms with E-state index in [0.717, 1.165) is 5.56 Å². The van der Waals surface area contributed by atoms with Crippen molar-refractivity contribution in [2.24, 2.45) is 0 Å². The summed E-state index contributed by atoms with van der Waals surface area (Å²) in [5.74, 6) is 0.471. The minimum absolute atomic E-state index is 0.235. The van der Waals surface area contributed by atoms with Crippen molar-refractivity contribution in [1.82, 2.24) is 14.8 Å². The number of nitrogens with zero attached hydrogens (tertiary/aromatic N) is 3. The van der Waals surface area contributed by atoms with Crippen LogP contribution in [0.25, 0.3) is 17.1 Å². The Labute approximate surface area is 130 Å². The number of carbonyl (C=O) groups is 1. The van der Waals surface area contributed by atoms with E-state index in [9.17, 15) is 4.79 Å². The van der Waals surface area contributed by atoms with E-state index in [0.29, 0.717) is 16.5 Å². The average molecular weight is 316 g/mol. The summed E-state index contributed by atoms with van der Waals surface area (Å²) < 4.78 is 6.05. The topological polar surface area (TPSA) is 77.2 Å². The smallest absolute Gasteiger partial charge is 0.449 e. The van der Waals surface area contributed by atoms with Gasteiger partial charge in [0.05, 0.1) is 5.69 Å². The summed E-state index contributed by atoms with van der Waals surface area (Å²) in [5.41, 5.74) is 1.47. The first-order chi connectivity index (χ1) is 10.6.